The fourth-order valence-electron chi connectivity index (χ4n) is 2.59. The van der Waals surface area contributed by atoms with E-state index < -0.39 is 21.7 Å². The number of sulfonamides is 1. The molecule has 0 unspecified atom stereocenters. The molecule has 0 fully saturated rings. The average Bonchev–Trinajstić information content (AvgIpc) is 2.71. The first-order valence-electron chi connectivity index (χ1n) is 8.80. The van der Waals surface area contributed by atoms with Gasteiger partial charge in [0.15, 0.2) is 11.6 Å². The zero-order valence-electron chi connectivity index (χ0n) is 15.6. The molecule has 3 aromatic rings. The van der Waals surface area contributed by atoms with Crippen LogP contribution in [0.3, 0.4) is 0 Å². The first kappa shape index (κ1) is 20.3. The van der Waals surface area contributed by atoms with Gasteiger partial charge in [-0.15, -0.1) is 0 Å². The van der Waals surface area contributed by atoms with Gasteiger partial charge >= 0.3 is 0 Å². The van der Waals surface area contributed by atoms with Crippen molar-refractivity contribution in [3.63, 3.8) is 0 Å². The summed E-state index contributed by atoms with van der Waals surface area (Å²) < 4.78 is 46.4. The predicted octanol–water partition coefficient (Wildman–Crippen LogP) is 4.28. The molecule has 0 spiro atoms. The molecule has 2 N–H and O–H groups in total. The Morgan fingerprint density at radius 2 is 1.72 bits per heavy atom. The molecule has 0 atom stereocenters. The molecule has 0 aliphatic carbocycles. The lowest BCUT2D eigenvalue weighted by molar-refractivity contribution is 0.102. The van der Waals surface area contributed by atoms with Gasteiger partial charge < -0.3 is 10.1 Å². The molecule has 1 amide bonds. The zero-order chi connectivity index (χ0) is 20.9. The molecule has 0 aliphatic heterocycles. The van der Waals surface area contributed by atoms with Gasteiger partial charge in [-0.25, -0.2) is 12.8 Å². The normalized spacial score (nSPS) is 11.0. The van der Waals surface area contributed by atoms with Gasteiger partial charge in [0, 0.05) is 23.0 Å². The number of anilines is 2. The van der Waals surface area contributed by atoms with Crippen molar-refractivity contribution in [2.75, 3.05) is 16.6 Å². The molecule has 0 radical (unpaired) electrons. The molecule has 0 saturated heterocycles. The highest BCUT2D eigenvalue weighted by Crippen LogP contribution is 2.22. The molecule has 3 rings (SSSR count). The minimum atomic E-state index is -3.78. The third kappa shape index (κ3) is 5.11. The highest BCUT2D eigenvalue weighted by molar-refractivity contribution is 7.92. The average molecular weight is 414 g/mol. The first-order valence-corrected chi connectivity index (χ1v) is 10.3. The Labute approximate surface area is 168 Å². The second-order valence-electron chi connectivity index (χ2n) is 6.03. The van der Waals surface area contributed by atoms with Crippen LogP contribution in [0.2, 0.25) is 0 Å². The monoisotopic (exact) mass is 414 g/mol. The lowest BCUT2D eigenvalue weighted by atomic mass is 10.2. The summed E-state index contributed by atoms with van der Waals surface area (Å²) in [5.74, 6) is -0.994. The second kappa shape index (κ2) is 8.74. The van der Waals surface area contributed by atoms with Gasteiger partial charge in [0.2, 0.25) is 0 Å². The van der Waals surface area contributed by atoms with E-state index in [-0.39, 0.29) is 27.6 Å². The van der Waals surface area contributed by atoms with Crippen LogP contribution in [0.4, 0.5) is 15.8 Å². The van der Waals surface area contributed by atoms with E-state index in [0.717, 1.165) is 6.07 Å². The highest BCUT2D eigenvalue weighted by Gasteiger charge is 2.15. The Morgan fingerprint density at radius 1 is 0.966 bits per heavy atom. The summed E-state index contributed by atoms with van der Waals surface area (Å²) in [6.07, 6.45) is 0. The van der Waals surface area contributed by atoms with E-state index in [9.17, 15) is 17.6 Å². The van der Waals surface area contributed by atoms with E-state index in [2.05, 4.69) is 10.0 Å². The van der Waals surface area contributed by atoms with Crippen molar-refractivity contribution in [2.45, 2.75) is 11.8 Å². The number of hydrogen-bond donors (Lipinski definition) is 2. The molecule has 0 aliphatic rings. The van der Waals surface area contributed by atoms with Crippen molar-refractivity contribution in [1.29, 1.82) is 0 Å². The highest BCUT2D eigenvalue weighted by atomic mass is 32.2. The molecular formula is C21H19FN2O4S. The number of carbonyl (C=O) groups is 1. The van der Waals surface area contributed by atoms with Gasteiger partial charge in [-0.1, -0.05) is 24.3 Å². The standard InChI is InChI=1S/C21H19FN2O4S/c1-2-28-20-12-11-16(14-19(20)22)23-21(25)15-7-6-8-17(13-15)24-29(26,27)18-9-4-3-5-10-18/h3-14,24H,2H2,1H3,(H,23,25). The quantitative estimate of drug-likeness (QED) is 0.604. The van der Waals surface area contributed by atoms with E-state index in [4.69, 9.17) is 4.74 Å². The lowest BCUT2D eigenvalue weighted by Gasteiger charge is -2.11. The van der Waals surface area contributed by atoms with E-state index in [1.54, 1.807) is 31.2 Å². The molecule has 3 aromatic carbocycles. The molecule has 150 valence electrons. The largest absolute Gasteiger partial charge is 0.491 e. The summed E-state index contributed by atoms with van der Waals surface area (Å²) in [7, 11) is -3.78. The SMILES string of the molecule is CCOc1ccc(NC(=O)c2cccc(NS(=O)(=O)c3ccccc3)c2)cc1F. The summed E-state index contributed by atoms with van der Waals surface area (Å²) in [6, 6.07) is 18.0. The third-order valence-electron chi connectivity index (χ3n) is 3.92. The number of ether oxygens (including phenoxy) is 1. The minimum absolute atomic E-state index is 0.0998. The van der Waals surface area contributed by atoms with Crippen LogP contribution < -0.4 is 14.8 Å². The first-order chi connectivity index (χ1) is 13.9. The van der Waals surface area contributed by atoms with Crippen LogP contribution in [-0.4, -0.2) is 20.9 Å². The Morgan fingerprint density at radius 3 is 2.41 bits per heavy atom. The topological polar surface area (TPSA) is 84.5 Å². The summed E-state index contributed by atoms with van der Waals surface area (Å²) in [5, 5.41) is 2.58. The van der Waals surface area contributed by atoms with Crippen LogP contribution in [0, 0.1) is 5.82 Å². The van der Waals surface area contributed by atoms with Crippen LogP contribution in [-0.2, 0) is 10.0 Å². The van der Waals surface area contributed by atoms with Crippen molar-refractivity contribution < 1.29 is 22.3 Å². The van der Waals surface area contributed by atoms with Gasteiger partial charge in [0.05, 0.1) is 11.5 Å². The van der Waals surface area contributed by atoms with Crippen molar-refractivity contribution >= 4 is 27.3 Å². The summed E-state index contributed by atoms with van der Waals surface area (Å²) in [5.41, 5.74) is 0.707. The van der Waals surface area contributed by atoms with Gasteiger partial charge in [0.1, 0.15) is 0 Å². The summed E-state index contributed by atoms with van der Waals surface area (Å²) >= 11 is 0. The molecule has 0 heterocycles. The van der Waals surface area contributed by atoms with Gasteiger partial charge in [0.25, 0.3) is 15.9 Å². The van der Waals surface area contributed by atoms with Gasteiger partial charge in [-0.3, -0.25) is 9.52 Å². The van der Waals surface area contributed by atoms with Crippen molar-refractivity contribution in [2.24, 2.45) is 0 Å². The van der Waals surface area contributed by atoms with Crippen molar-refractivity contribution in [1.82, 2.24) is 0 Å². The van der Waals surface area contributed by atoms with Crippen LogP contribution in [0.1, 0.15) is 17.3 Å². The van der Waals surface area contributed by atoms with E-state index in [0.29, 0.717) is 6.61 Å². The molecule has 29 heavy (non-hydrogen) atoms. The van der Waals surface area contributed by atoms with Gasteiger partial charge in [-0.05, 0) is 49.4 Å². The van der Waals surface area contributed by atoms with Crippen LogP contribution in [0.5, 0.6) is 5.75 Å². The van der Waals surface area contributed by atoms with Crippen molar-refractivity contribution in [3.05, 3.63) is 84.2 Å². The maximum atomic E-state index is 13.9. The maximum absolute atomic E-state index is 13.9. The number of hydrogen-bond acceptors (Lipinski definition) is 4. The zero-order valence-corrected chi connectivity index (χ0v) is 16.4. The number of rotatable bonds is 7. The number of benzene rings is 3. The Bertz CT molecular complexity index is 1120. The fourth-order valence-corrected chi connectivity index (χ4v) is 3.66. The van der Waals surface area contributed by atoms with Crippen LogP contribution in [0.25, 0.3) is 0 Å². The molecule has 0 aromatic heterocycles. The Hall–Kier alpha value is -3.39. The Kier molecular flexibility index (Phi) is 6.13. The summed E-state index contributed by atoms with van der Waals surface area (Å²) in [4.78, 5) is 12.6. The molecule has 0 bridgehead atoms. The minimum Gasteiger partial charge on any atom is -0.491 e. The lowest BCUT2D eigenvalue weighted by Crippen LogP contribution is -2.15. The van der Waals surface area contributed by atoms with E-state index in [1.165, 1.54) is 42.5 Å². The number of halogens is 1. The summed E-state index contributed by atoms with van der Waals surface area (Å²) in [6.45, 7) is 2.07. The maximum Gasteiger partial charge on any atom is 0.261 e. The van der Waals surface area contributed by atoms with E-state index in [1.807, 2.05) is 0 Å². The fraction of sp³-hybridized carbons (Fsp3) is 0.0952. The molecule has 6 nitrogen and oxygen atoms in total. The van der Waals surface area contributed by atoms with E-state index >= 15 is 0 Å². The Balaban J connectivity index is 1.75. The molecular weight excluding hydrogens is 395 g/mol. The van der Waals surface area contributed by atoms with Gasteiger partial charge in [-0.2, -0.15) is 0 Å². The van der Waals surface area contributed by atoms with Crippen LogP contribution in [0.15, 0.2) is 77.7 Å². The molecule has 0 saturated carbocycles. The molecule has 8 heteroatoms. The smallest absolute Gasteiger partial charge is 0.261 e. The second-order valence-corrected chi connectivity index (χ2v) is 7.71. The number of amides is 1. The van der Waals surface area contributed by atoms with Crippen molar-refractivity contribution in [3.8, 4) is 5.75 Å². The number of nitrogens with one attached hydrogen (secondary N) is 2. The number of carbonyl (C=O) groups excluding carboxylic acids is 1. The predicted molar refractivity (Wildman–Crippen MR) is 109 cm³/mol. The van der Waals surface area contributed by atoms with Crippen LogP contribution >= 0.6 is 0 Å². The third-order valence-corrected chi connectivity index (χ3v) is 5.32.